The van der Waals surface area contributed by atoms with Gasteiger partial charge >= 0.3 is 0 Å². The number of sulfonamides is 1. The monoisotopic (exact) mass is 307 g/mol. The van der Waals surface area contributed by atoms with E-state index in [4.69, 9.17) is 0 Å². The zero-order valence-electron chi connectivity index (χ0n) is 11.0. The molecule has 0 radical (unpaired) electrons. The zero-order valence-corrected chi connectivity index (χ0v) is 11.8. The first-order valence-corrected chi connectivity index (χ1v) is 7.61. The Morgan fingerprint density at radius 1 is 1.14 bits per heavy atom. The van der Waals surface area contributed by atoms with Crippen LogP contribution in [0.1, 0.15) is 5.69 Å². The Hall–Kier alpha value is -2.32. The largest absolute Gasteiger partial charge is 0.269 e. The molecule has 110 valence electrons. The minimum Gasteiger partial charge on any atom is -0.261 e. The average Bonchev–Trinajstić information content (AvgIpc) is 2.48. The fraction of sp³-hybridized carbons (Fsp3) is 0.154. The molecule has 1 heterocycles. The van der Waals surface area contributed by atoms with Crippen LogP contribution in [0, 0.1) is 10.1 Å². The van der Waals surface area contributed by atoms with Crippen LogP contribution >= 0.6 is 0 Å². The number of benzene rings is 1. The maximum atomic E-state index is 12.0. The lowest BCUT2D eigenvalue weighted by Crippen LogP contribution is -2.26. The van der Waals surface area contributed by atoms with Gasteiger partial charge in [-0.3, -0.25) is 15.1 Å². The molecule has 0 unspecified atom stereocenters. The predicted octanol–water partition coefficient (Wildman–Crippen LogP) is 1.51. The molecule has 0 aliphatic rings. The molecule has 0 aliphatic carbocycles. The number of pyridine rings is 1. The summed E-state index contributed by atoms with van der Waals surface area (Å²) in [6, 6.07) is 10.2. The predicted molar refractivity (Wildman–Crippen MR) is 76.2 cm³/mol. The Morgan fingerprint density at radius 2 is 1.86 bits per heavy atom. The van der Waals surface area contributed by atoms with E-state index in [1.807, 2.05) is 6.07 Å². The molecule has 0 spiro atoms. The lowest BCUT2D eigenvalue weighted by Gasteiger charge is -2.06. The second-order valence-corrected chi connectivity index (χ2v) is 5.99. The molecule has 8 heteroatoms. The molecule has 0 saturated heterocycles. The Kier molecular flexibility index (Phi) is 4.61. The molecule has 0 aliphatic heterocycles. The van der Waals surface area contributed by atoms with Crippen molar-refractivity contribution in [1.82, 2.24) is 9.71 Å². The molecule has 0 amide bonds. The number of hydrogen-bond acceptors (Lipinski definition) is 5. The van der Waals surface area contributed by atoms with Crippen molar-refractivity contribution in [2.45, 2.75) is 11.3 Å². The number of hydrogen-bond donors (Lipinski definition) is 1. The van der Waals surface area contributed by atoms with Crippen molar-refractivity contribution in [3.8, 4) is 0 Å². The SMILES string of the molecule is O=[N+]([O-])c1ccc(S(=O)(=O)NCCc2ccccn2)cc1. The number of rotatable bonds is 6. The van der Waals surface area contributed by atoms with Gasteiger partial charge in [0, 0.05) is 37.0 Å². The average molecular weight is 307 g/mol. The Labute approximate surface area is 121 Å². The summed E-state index contributed by atoms with van der Waals surface area (Å²) in [7, 11) is -3.67. The van der Waals surface area contributed by atoms with E-state index >= 15 is 0 Å². The van der Waals surface area contributed by atoms with Gasteiger partial charge in [-0.15, -0.1) is 0 Å². The van der Waals surface area contributed by atoms with Crippen molar-refractivity contribution >= 4 is 15.7 Å². The van der Waals surface area contributed by atoms with Gasteiger partial charge < -0.3 is 0 Å². The third-order valence-electron chi connectivity index (χ3n) is 2.76. The van der Waals surface area contributed by atoms with Crippen LogP contribution in [0.3, 0.4) is 0 Å². The van der Waals surface area contributed by atoms with Crippen molar-refractivity contribution in [3.63, 3.8) is 0 Å². The van der Waals surface area contributed by atoms with E-state index in [9.17, 15) is 18.5 Å². The molecular formula is C13H13N3O4S. The van der Waals surface area contributed by atoms with E-state index in [2.05, 4.69) is 9.71 Å². The van der Waals surface area contributed by atoms with Crippen molar-refractivity contribution in [2.75, 3.05) is 6.54 Å². The maximum absolute atomic E-state index is 12.0. The van der Waals surface area contributed by atoms with Crippen molar-refractivity contribution in [1.29, 1.82) is 0 Å². The molecule has 0 fully saturated rings. The lowest BCUT2D eigenvalue weighted by molar-refractivity contribution is -0.384. The van der Waals surface area contributed by atoms with Crippen LogP contribution in [0.2, 0.25) is 0 Å². The number of nitro benzene ring substituents is 1. The van der Waals surface area contributed by atoms with Gasteiger partial charge in [-0.25, -0.2) is 13.1 Å². The highest BCUT2D eigenvalue weighted by molar-refractivity contribution is 7.89. The van der Waals surface area contributed by atoms with Gasteiger partial charge in [0.2, 0.25) is 10.0 Å². The second kappa shape index (κ2) is 6.42. The van der Waals surface area contributed by atoms with Crippen molar-refractivity contribution in [3.05, 3.63) is 64.5 Å². The van der Waals surface area contributed by atoms with Crippen LogP contribution in [-0.2, 0) is 16.4 Å². The van der Waals surface area contributed by atoms with Crippen LogP contribution in [0.5, 0.6) is 0 Å². The van der Waals surface area contributed by atoms with Gasteiger partial charge in [0.1, 0.15) is 0 Å². The smallest absolute Gasteiger partial charge is 0.261 e. The van der Waals surface area contributed by atoms with E-state index in [-0.39, 0.29) is 17.1 Å². The zero-order chi connectivity index (χ0) is 15.3. The summed E-state index contributed by atoms with van der Waals surface area (Å²) in [5.41, 5.74) is 0.631. The topological polar surface area (TPSA) is 102 Å². The third kappa shape index (κ3) is 4.07. The fourth-order valence-corrected chi connectivity index (χ4v) is 2.72. The molecule has 0 saturated carbocycles. The Morgan fingerprint density at radius 3 is 2.43 bits per heavy atom. The minimum absolute atomic E-state index is 0.00544. The van der Waals surface area contributed by atoms with Crippen LogP contribution in [0.15, 0.2) is 53.6 Å². The number of nitrogens with zero attached hydrogens (tertiary/aromatic N) is 2. The first kappa shape index (κ1) is 15.1. The summed E-state index contributed by atoms with van der Waals surface area (Å²) in [6.07, 6.45) is 2.10. The summed E-state index contributed by atoms with van der Waals surface area (Å²) in [6.45, 7) is 0.205. The van der Waals surface area contributed by atoms with Gasteiger partial charge in [0.15, 0.2) is 0 Å². The van der Waals surface area contributed by atoms with Crippen LogP contribution < -0.4 is 4.72 Å². The van der Waals surface area contributed by atoms with Crippen molar-refractivity contribution < 1.29 is 13.3 Å². The van der Waals surface area contributed by atoms with Gasteiger partial charge in [-0.2, -0.15) is 0 Å². The van der Waals surface area contributed by atoms with Gasteiger partial charge in [0.05, 0.1) is 9.82 Å². The van der Waals surface area contributed by atoms with Gasteiger partial charge in [-0.1, -0.05) is 6.07 Å². The number of non-ortho nitro benzene ring substituents is 1. The highest BCUT2D eigenvalue weighted by Crippen LogP contribution is 2.15. The van der Waals surface area contributed by atoms with E-state index in [0.29, 0.717) is 6.42 Å². The van der Waals surface area contributed by atoms with Crippen LogP contribution in [0.25, 0.3) is 0 Å². The summed E-state index contributed by atoms with van der Waals surface area (Å²) in [5.74, 6) is 0. The van der Waals surface area contributed by atoms with Crippen LogP contribution in [0.4, 0.5) is 5.69 Å². The number of nitro groups is 1. The molecule has 2 rings (SSSR count). The fourth-order valence-electron chi connectivity index (χ4n) is 1.69. The normalized spacial score (nSPS) is 11.2. The third-order valence-corrected chi connectivity index (χ3v) is 4.23. The summed E-state index contributed by atoms with van der Waals surface area (Å²) < 4.78 is 26.4. The van der Waals surface area contributed by atoms with E-state index < -0.39 is 14.9 Å². The Bertz CT molecular complexity index is 715. The van der Waals surface area contributed by atoms with Crippen LogP contribution in [-0.4, -0.2) is 24.9 Å². The molecular weight excluding hydrogens is 294 g/mol. The summed E-state index contributed by atoms with van der Waals surface area (Å²) >= 11 is 0. The van der Waals surface area contributed by atoms with E-state index in [1.165, 1.54) is 12.1 Å². The van der Waals surface area contributed by atoms with E-state index in [1.54, 1.807) is 18.3 Å². The maximum Gasteiger partial charge on any atom is 0.269 e. The second-order valence-electron chi connectivity index (χ2n) is 4.22. The van der Waals surface area contributed by atoms with Gasteiger partial charge in [0.25, 0.3) is 5.69 Å². The Balaban J connectivity index is 2.00. The van der Waals surface area contributed by atoms with Gasteiger partial charge in [-0.05, 0) is 24.3 Å². The first-order valence-electron chi connectivity index (χ1n) is 6.13. The quantitative estimate of drug-likeness (QED) is 0.643. The number of aromatic nitrogens is 1. The molecule has 2 aromatic rings. The molecule has 7 nitrogen and oxygen atoms in total. The first-order chi connectivity index (χ1) is 9.99. The lowest BCUT2D eigenvalue weighted by atomic mass is 10.3. The standard InChI is InChI=1S/C13H13N3O4S/c17-16(18)12-4-6-13(7-5-12)21(19,20)15-10-8-11-3-1-2-9-14-11/h1-7,9,15H,8,10H2. The molecule has 1 aromatic heterocycles. The summed E-state index contributed by atoms with van der Waals surface area (Å²) in [5, 5.41) is 10.5. The molecule has 1 aromatic carbocycles. The summed E-state index contributed by atoms with van der Waals surface area (Å²) in [4.78, 5) is 14.0. The van der Waals surface area contributed by atoms with E-state index in [0.717, 1.165) is 17.8 Å². The molecule has 1 N–H and O–H groups in total. The van der Waals surface area contributed by atoms with Crippen molar-refractivity contribution in [2.24, 2.45) is 0 Å². The molecule has 0 atom stereocenters. The highest BCUT2D eigenvalue weighted by atomic mass is 32.2. The number of nitrogens with one attached hydrogen (secondary N) is 1. The molecule has 21 heavy (non-hydrogen) atoms. The highest BCUT2D eigenvalue weighted by Gasteiger charge is 2.15. The minimum atomic E-state index is -3.67. The molecule has 0 bridgehead atoms.